The summed E-state index contributed by atoms with van der Waals surface area (Å²) >= 11 is 0. The second-order valence-electron chi connectivity index (χ2n) is 5.40. The molecule has 1 unspecified atom stereocenters. The molecule has 1 atom stereocenters. The van der Waals surface area contributed by atoms with E-state index in [1.807, 2.05) is 0 Å². The van der Waals surface area contributed by atoms with Gasteiger partial charge in [-0.1, -0.05) is 6.07 Å². The van der Waals surface area contributed by atoms with Crippen LogP contribution in [-0.2, 0) is 11.3 Å². The number of nitrogens with zero attached hydrogens (tertiary/aromatic N) is 3. The number of nitrogens with one attached hydrogen (secondary N) is 1. The molecule has 0 saturated heterocycles. The van der Waals surface area contributed by atoms with Crippen LogP contribution in [0.4, 0.5) is 14.5 Å². The van der Waals surface area contributed by atoms with Crippen LogP contribution in [0.5, 0.6) is 0 Å². The first-order valence-electron chi connectivity index (χ1n) is 7.13. The van der Waals surface area contributed by atoms with Crippen LogP contribution in [0, 0.1) is 35.6 Å². The van der Waals surface area contributed by atoms with E-state index in [0.717, 1.165) is 12.1 Å². The van der Waals surface area contributed by atoms with Crippen LogP contribution in [0.15, 0.2) is 18.2 Å². The normalized spacial score (nSPS) is 12.0. The summed E-state index contributed by atoms with van der Waals surface area (Å²) in [4.78, 5) is 22.5. The Balaban J connectivity index is 2.09. The van der Waals surface area contributed by atoms with Crippen LogP contribution >= 0.6 is 0 Å². The molecule has 24 heavy (non-hydrogen) atoms. The van der Waals surface area contributed by atoms with Crippen molar-refractivity contribution in [3.8, 4) is 0 Å². The molecular weight excluding hydrogens is 322 g/mol. The van der Waals surface area contributed by atoms with E-state index in [-0.39, 0.29) is 23.6 Å². The first-order valence-corrected chi connectivity index (χ1v) is 7.13. The summed E-state index contributed by atoms with van der Waals surface area (Å²) in [7, 11) is 0. The fourth-order valence-electron chi connectivity index (χ4n) is 2.39. The number of nitro groups is 1. The van der Waals surface area contributed by atoms with E-state index in [1.165, 1.54) is 24.6 Å². The molecule has 1 aromatic heterocycles. The van der Waals surface area contributed by atoms with Gasteiger partial charge in [0.25, 0.3) is 0 Å². The number of aromatic nitrogens is 2. The number of benzene rings is 1. The van der Waals surface area contributed by atoms with Crippen LogP contribution in [0.2, 0.25) is 0 Å². The van der Waals surface area contributed by atoms with Crippen molar-refractivity contribution >= 4 is 11.6 Å². The second-order valence-corrected chi connectivity index (χ2v) is 5.40. The predicted molar refractivity (Wildman–Crippen MR) is 81.3 cm³/mol. The number of aryl methyl sites for hydroxylation is 1. The summed E-state index contributed by atoms with van der Waals surface area (Å²) in [6.45, 7) is 4.40. The Morgan fingerprint density at radius 2 is 2.04 bits per heavy atom. The Bertz CT molecular complexity index is 804. The molecule has 0 aliphatic carbocycles. The molecule has 0 aliphatic rings. The summed E-state index contributed by atoms with van der Waals surface area (Å²) in [5.74, 6) is -2.41. The summed E-state index contributed by atoms with van der Waals surface area (Å²) in [6.07, 6.45) is 0. The summed E-state index contributed by atoms with van der Waals surface area (Å²) in [5.41, 5.74) is 0.769. The maximum Gasteiger partial charge on any atom is 0.312 e. The highest BCUT2D eigenvalue weighted by molar-refractivity contribution is 5.76. The van der Waals surface area contributed by atoms with Crippen molar-refractivity contribution in [2.75, 3.05) is 0 Å². The highest BCUT2D eigenvalue weighted by Gasteiger charge is 2.23. The van der Waals surface area contributed by atoms with Crippen molar-refractivity contribution in [3.05, 3.63) is 56.9 Å². The van der Waals surface area contributed by atoms with Gasteiger partial charge in [-0.15, -0.1) is 0 Å². The average molecular weight is 338 g/mol. The molecule has 2 rings (SSSR count). The van der Waals surface area contributed by atoms with E-state index in [1.54, 1.807) is 6.92 Å². The third-order valence-corrected chi connectivity index (χ3v) is 3.64. The zero-order chi connectivity index (χ0) is 18.0. The molecule has 0 fully saturated rings. The predicted octanol–water partition coefficient (Wildman–Crippen LogP) is 2.56. The lowest BCUT2D eigenvalue weighted by Crippen LogP contribution is -2.30. The van der Waals surface area contributed by atoms with Crippen LogP contribution in [0.3, 0.4) is 0 Å². The smallest absolute Gasteiger partial charge is 0.312 e. The number of carbonyl (C=O) groups is 1. The van der Waals surface area contributed by atoms with Gasteiger partial charge in [0.1, 0.15) is 17.9 Å². The Kier molecular flexibility index (Phi) is 4.91. The average Bonchev–Trinajstić information content (AvgIpc) is 2.75. The van der Waals surface area contributed by atoms with Gasteiger partial charge >= 0.3 is 5.69 Å². The maximum absolute atomic E-state index is 13.2. The van der Waals surface area contributed by atoms with Gasteiger partial charge in [0.2, 0.25) is 5.91 Å². The van der Waals surface area contributed by atoms with E-state index in [2.05, 4.69) is 10.4 Å². The van der Waals surface area contributed by atoms with Crippen molar-refractivity contribution in [1.29, 1.82) is 0 Å². The lowest BCUT2D eigenvalue weighted by molar-refractivity contribution is -0.386. The summed E-state index contributed by atoms with van der Waals surface area (Å²) in [5, 5.41) is 17.5. The van der Waals surface area contributed by atoms with Gasteiger partial charge in [0, 0.05) is 0 Å². The number of halogens is 2. The standard InChI is InChI=1S/C15H16F2N4O3/c1-8(11-4-5-12(16)13(17)6-11)18-14(22)7-20-10(3)15(21(23)24)9(2)19-20/h4-6,8H,7H2,1-3H3,(H,18,22). The Labute approximate surface area is 136 Å². The zero-order valence-corrected chi connectivity index (χ0v) is 13.3. The van der Waals surface area contributed by atoms with Crippen molar-refractivity contribution in [1.82, 2.24) is 15.1 Å². The van der Waals surface area contributed by atoms with Gasteiger partial charge in [-0.05, 0) is 38.5 Å². The van der Waals surface area contributed by atoms with Gasteiger partial charge in [-0.3, -0.25) is 19.6 Å². The molecule has 0 saturated carbocycles. The highest BCUT2D eigenvalue weighted by Crippen LogP contribution is 2.22. The quantitative estimate of drug-likeness (QED) is 0.670. The van der Waals surface area contributed by atoms with Crippen molar-refractivity contribution in [2.24, 2.45) is 0 Å². The molecule has 0 bridgehead atoms. The molecule has 1 aromatic carbocycles. The van der Waals surface area contributed by atoms with Gasteiger partial charge in [0.05, 0.1) is 11.0 Å². The van der Waals surface area contributed by atoms with Crippen LogP contribution in [0.25, 0.3) is 0 Å². The second kappa shape index (κ2) is 6.73. The third kappa shape index (κ3) is 3.55. The van der Waals surface area contributed by atoms with Crippen molar-refractivity contribution < 1.29 is 18.5 Å². The molecule has 0 radical (unpaired) electrons. The molecule has 0 aliphatic heterocycles. The summed E-state index contributed by atoms with van der Waals surface area (Å²) in [6, 6.07) is 2.81. The molecule has 2 aromatic rings. The Morgan fingerprint density at radius 1 is 1.38 bits per heavy atom. The molecule has 1 heterocycles. The molecule has 128 valence electrons. The number of hydrogen-bond donors (Lipinski definition) is 1. The van der Waals surface area contributed by atoms with Crippen molar-refractivity contribution in [3.63, 3.8) is 0 Å². The van der Waals surface area contributed by atoms with E-state index in [4.69, 9.17) is 0 Å². The minimum atomic E-state index is -0.997. The zero-order valence-electron chi connectivity index (χ0n) is 13.3. The number of carbonyl (C=O) groups excluding carboxylic acids is 1. The lowest BCUT2D eigenvalue weighted by atomic mass is 10.1. The fraction of sp³-hybridized carbons (Fsp3) is 0.333. The van der Waals surface area contributed by atoms with Crippen LogP contribution in [0.1, 0.15) is 29.9 Å². The lowest BCUT2D eigenvalue weighted by Gasteiger charge is -2.15. The topological polar surface area (TPSA) is 90.1 Å². The largest absolute Gasteiger partial charge is 0.348 e. The van der Waals surface area contributed by atoms with Crippen molar-refractivity contribution in [2.45, 2.75) is 33.4 Å². The molecule has 1 amide bonds. The maximum atomic E-state index is 13.2. The van der Waals surface area contributed by atoms with Gasteiger partial charge in [0.15, 0.2) is 11.6 Å². The minimum absolute atomic E-state index is 0.128. The van der Waals surface area contributed by atoms with E-state index in [0.29, 0.717) is 5.56 Å². The van der Waals surface area contributed by atoms with Gasteiger partial charge < -0.3 is 5.32 Å². The van der Waals surface area contributed by atoms with E-state index < -0.39 is 28.5 Å². The van der Waals surface area contributed by atoms with Gasteiger partial charge in [-0.2, -0.15) is 5.10 Å². The first-order chi connectivity index (χ1) is 11.2. The first kappa shape index (κ1) is 17.5. The minimum Gasteiger partial charge on any atom is -0.348 e. The molecule has 9 heteroatoms. The number of amides is 1. The van der Waals surface area contributed by atoms with Gasteiger partial charge in [-0.25, -0.2) is 8.78 Å². The monoisotopic (exact) mass is 338 g/mol. The molecule has 7 nitrogen and oxygen atoms in total. The van der Waals surface area contributed by atoms with Crippen LogP contribution in [-0.4, -0.2) is 20.6 Å². The molecule has 1 N–H and O–H groups in total. The molecular formula is C15H16F2N4O3. The Morgan fingerprint density at radius 3 is 2.58 bits per heavy atom. The number of rotatable bonds is 5. The van der Waals surface area contributed by atoms with E-state index in [9.17, 15) is 23.7 Å². The third-order valence-electron chi connectivity index (χ3n) is 3.64. The number of hydrogen-bond acceptors (Lipinski definition) is 4. The fourth-order valence-corrected chi connectivity index (χ4v) is 2.39. The van der Waals surface area contributed by atoms with E-state index >= 15 is 0 Å². The molecule has 0 spiro atoms. The summed E-state index contributed by atoms with van der Waals surface area (Å²) < 4.78 is 27.4. The Hall–Kier alpha value is -2.84. The highest BCUT2D eigenvalue weighted by atomic mass is 19.2. The SMILES string of the molecule is Cc1nn(CC(=O)NC(C)c2ccc(F)c(F)c2)c(C)c1[N+](=O)[O-]. The van der Waals surface area contributed by atoms with Crippen LogP contribution < -0.4 is 5.32 Å².